The Bertz CT molecular complexity index is 509. The van der Waals surface area contributed by atoms with E-state index < -0.39 is 0 Å². The zero-order valence-electron chi connectivity index (χ0n) is 10.7. The summed E-state index contributed by atoms with van der Waals surface area (Å²) < 4.78 is 6.90. The van der Waals surface area contributed by atoms with Gasteiger partial charge in [-0.15, -0.1) is 5.10 Å². The molecule has 0 radical (unpaired) electrons. The van der Waals surface area contributed by atoms with E-state index in [1.165, 1.54) is 0 Å². The largest absolute Gasteiger partial charge is 0.497 e. The minimum atomic E-state index is -0.0469. The molecule has 0 fully saturated rings. The molecule has 1 atom stereocenters. The van der Waals surface area contributed by atoms with Gasteiger partial charge in [-0.2, -0.15) is 0 Å². The van der Waals surface area contributed by atoms with Crippen LogP contribution in [0.3, 0.4) is 0 Å². The minimum absolute atomic E-state index is 0.0469. The molecule has 1 unspecified atom stereocenters. The van der Waals surface area contributed by atoms with Gasteiger partial charge in [-0.05, 0) is 18.6 Å². The summed E-state index contributed by atoms with van der Waals surface area (Å²) in [7, 11) is 1.64. The van der Waals surface area contributed by atoms with Crippen molar-refractivity contribution >= 4 is 0 Å². The standard InChI is InChI=1S/C13H18N4O/c1-3-5-12(14)13-9-17(16-15-13)10-6-4-7-11(8-10)18-2/h4,6-9,12H,3,5,14H2,1-2H3. The maximum atomic E-state index is 6.01. The van der Waals surface area contributed by atoms with Crippen LogP contribution >= 0.6 is 0 Å². The van der Waals surface area contributed by atoms with Crippen LogP contribution < -0.4 is 10.5 Å². The highest BCUT2D eigenvalue weighted by molar-refractivity contribution is 5.38. The molecule has 0 aliphatic carbocycles. The van der Waals surface area contributed by atoms with Gasteiger partial charge < -0.3 is 10.5 Å². The van der Waals surface area contributed by atoms with Gasteiger partial charge in [-0.3, -0.25) is 0 Å². The molecule has 0 amide bonds. The second-order valence-corrected chi connectivity index (χ2v) is 4.18. The number of nitrogens with two attached hydrogens (primary N) is 1. The van der Waals surface area contributed by atoms with Gasteiger partial charge in [0.25, 0.3) is 0 Å². The Morgan fingerprint density at radius 3 is 3.00 bits per heavy atom. The molecular formula is C13H18N4O. The minimum Gasteiger partial charge on any atom is -0.497 e. The van der Waals surface area contributed by atoms with E-state index in [2.05, 4.69) is 17.2 Å². The Morgan fingerprint density at radius 2 is 2.28 bits per heavy atom. The summed E-state index contributed by atoms with van der Waals surface area (Å²) in [5.74, 6) is 0.794. The van der Waals surface area contributed by atoms with Crippen molar-refractivity contribution in [2.75, 3.05) is 7.11 Å². The highest BCUT2D eigenvalue weighted by Crippen LogP contribution is 2.18. The average molecular weight is 246 g/mol. The van der Waals surface area contributed by atoms with E-state index in [4.69, 9.17) is 10.5 Å². The van der Waals surface area contributed by atoms with E-state index in [1.807, 2.05) is 30.5 Å². The van der Waals surface area contributed by atoms with Crippen LogP contribution in [0.1, 0.15) is 31.5 Å². The van der Waals surface area contributed by atoms with Gasteiger partial charge in [0.1, 0.15) is 5.75 Å². The van der Waals surface area contributed by atoms with E-state index in [0.29, 0.717) is 0 Å². The molecule has 18 heavy (non-hydrogen) atoms. The first-order valence-corrected chi connectivity index (χ1v) is 6.07. The number of ether oxygens (including phenoxy) is 1. The smallest absolute Gasteiger partial charge is 0.121 e. The van der Waals surface area contributed by atoms with E-state index in [9.17, 15) is 0 Å². The predicted molar refractivity (Wildman–Crippen MR) is 69.7 cm³/mol. The van der Waals surface area contributed by atoms with Crippen LogP contribution in [0.25, 0.3) is 5.69 Å². The summed E-state index contributed by atoms with van der Waals surface area (Å²) in [6.45, 7) is 2.10. The lowest BCUT2D eigenvalue weighted by atomic mass is 10.1. The van der Waals surface area contributed by atoms with Crippen LogP contribution in [0.5, 0.6) is 5.75 Å². The molecule has 0 saturated heterocycles. The third-order valence-electron chi connectivity index (χ3n) is 2.81. The molecule has 0 aliphatic heterocycles. The lowest BCUT2D eigenvalue weighted by molar-refractivity contribution is 0.414. The first-order chi connectivity index (χ1) is 8.74. The van der Waals surface area contributed by atoms with E-state index >= 15 is 0 Å². The second-order valence-electron chi connectivity index (χ2n) is 4.18. The van der Waals surface area contributed by atoms with Gasteiger partial charge in [0.05, 0.1) is 30.7 Å². The number of benzene rings is 1. The molecule has 2 aromatic rings. The number of hydrogen-bond donors (Lipinski definition) is 1. The molecule has 1 heterocycles. The molecule has 0 aliphatic rings. The van der Waals surface area contributed by atoms with Crippen LogP contribution in [-0.4, -0.2) is 22.1 Å². The molecule has 0 spiro atoms. The van der Waals surface area contributed by atoms with Crippen molar-refractivity contribution in [3.05, 3.63) is 36.2 Å². The van der Waals surface area contributed by atoms with Crippen molar-refractivity contribution in [3.63, 3.8) is 0 Å². The number of rotatable bonds is 5. The molecule has 96 valence electrons. The van der Waals surface area contributed by atoms with Crippen molar-refractivity contribution in [3.8, 4) is 11.4 Å². The monoisotopic (exact) mass is 246 g/mol. The first kappa shape index (κ1) is 12.6. The molecule has 1 aromatic heterocycles. The lowest BCUT2D eigenvalue weighted by Gasteiger charge is -2.05. The molecule has 2 rings (SSSR count). The van der Waals surface area contributed by atoms with E-state index in [-0.39, 0.29) is 6.04 Å². The maximum absolute atomic E-state index is 6.01. The van der Waals surface area contributed by atoms with Gasteiger partial charge in [0.15, 0.2) is 0 Å². The predicted octanol–water partition coefficient (Wildman–Crippen LogP) is 2.08. The Morgan fingerprint density at radius 1 is 1.44 bits per heavy atom. The fourth-order valence-corrected chi connectivity index (χ4v) is 1.78. The van der Waals surface area contributed by atoms with Crippen LogP contribution in [-0.2, 0) is 0 Å². The van der Waals surface area contributed by atoms with Crippen LogP contribution in [0, 0.1) is 0 Å². The maximum Gasteiger partial charge on any atom is 0.121 e. The SMILES string of the molecule is CCCC(N)c1cn(-c2cccc(OC)c2)nn1. The molecule has 1 aromatic carbocycles. The zero-order chi connectivity index (χ0) is 13.0. The Labute approximate surface area is 107 Å². The van der Waals surface area contributed by atoms with Crippen molar-refractivity contribution in [1.82, 2.24) is 15.0 Å². The van der Waals surface area contributed by atoms with Gasteiger partial charge in [-0.25, -0.2) is 4.68 Å². The normalized spacial score (nSPS) is 12.4. The van der Waals surface area contributed by atoms with Gasteiger partial charge >= 0.3 is 0 Å². The van der Waals surface area contributed by atoms with E-state index in [0.717, 1.165) is 30.0 Å². The number of hydrogen-bond acceptors (Lipinski definition) is 4. The number of nitrogens with zero attached hydrogens (tertiary/aromatic N) is 3. The van der Waals surface area contributed by atoms with Crippen LogP contribution in [0.2, 0.25) is 0 Å². The molecule has 5 heteroatoms. The average Bonchev–Trinajstić information content (AvgIpc) is 2.89. The second kappa shape index (κ2) is 5.64. The molecular weight excluding hydrogens is 228 g/mol. The first-order valence-electron chi connectivity index (χ1n) is 6.07. The topological polar surface area (TPSA) is 66.0 Å². The van der Waals surface area contributed by atoms with Crippen molar-refractivity contribution < 1.29 is 4.74 Å². The number of aromatic nitrogens is 3. The summed E-state index contributed by atoms with van der Waals surface area (Å²) in [6.07, 6.45) is 3.82. The van der Waals surface area contributed by atoms with Crippen LogP contribution in [0.15, 0.2) is 30.5 Å². The van der Waals surface area contributed by atoms with Crippen molar-refractivity contribution in [2.24, 2.45) is 5.73 Å². The fraction of sp³-hybridized carbons (Fsp3) is 0.385. The van der Waals surface area contributed by atoms with Gasteiger partial charge in [0, 0.05) is 6.07 Å². The summed E-state index contributed by atoms with van der Waals surface area (Å²) in [5, 5.41) is 8.21. The molecule has 0 bridgehead atoms. The number of methoxy groups -OCH3 is 1. The molecule has 2 N–H and O–H groups in total. The summed E-state index contributed by atoms with van der Waals surface area (Å²) in [6, 6.07) is 7.62. The van der Waals surface area contributed by atoms with Crippen LogP contribution in [0.4, 0.5) is 0 Å². The quantitative estimate of drug-likeness (QED) is 0.877. The Hall–Kier alpha value is -1.88. The summed E-state index contributed by atoms with van der Waals surface area (Å²) in [5.41, 5.74) is 7.75. The van der Waals surface area contributed by atoms with Gasteiger partial charge in [0.2, 0.25) is 0 Å². The van der Waals surface area contributed by atoms with Gasteiger partial charge in [-0.1, -0.05) is 24.6 Å². The highest BCUT2D eigenvalue weighted by atomic mass is 16.5. The highest BCUT2D eigenvalue weighted by Gasteiger charge is 2.10. The zero-order valence-corrected chi connectivity index (χ0v) is 10.7. The van der Waals surface area contributed by atoms with Crippen molar-refractivity contribution in [1.29, 1.82) is 0 Å². The third kappa shape index (κ3) is 2.68. The van der Waals surface area contributed by atoms with Crippen molar-refractivity contribution in [2.45, 2.75) is 25.8 Å². The Kier molecular flexibility index (Phi) is 3.94. The Balaban J connectivity index is 2.23. The summed E-state index contributed by atoms with van der Waals surface area (Å²) >= 11 is 0. The lowest BCUT2D eigenvalue weighted by Crippen LogP contribution is -2.10. The van der Waals surface area contributed by atoms with E-state index in [1.54, 1.807) is 11.8 Å². The molecule has 0 saturated carbocycles. The third-order valence-corrected chi connectivity index (χ3v) is 2.81. The molecule has 5 nitrogen and oxygen atoms in total. The summed E-state index contributed by atoms with van der Waals surface area (Å²) in [4.78, 5) is 0. The fourth-order valence-electron chi connectivity index (χ4n) is 1.78.